The number of benzene rings is 1. The van der Waals surface area contributed by atoms with E-state index in [0.717, 1.165) is 61.4 Å². The maximum atomic E-state index is 12.3. The first-order valence-electron chi connectivity index (χ1n) is 12.8. The molecule has 1 heterocycles. The third kappa shape index (κ3) is 6.80. The molecule has 3 N–H and O–H groups in total. The van der Waals surface area contributed by atoms with Crippen LogP contribution in [0.2, 0.25) is 0 Å². The maximum absolute atomic E-state index is 12.3. The highest BCUT2D eigenvalue weighted by atomic mass is 32.2. The Morgan fingerprint density at radius 1 is 1.34 bits per heavy atom. The average Bonchev–Trinajstić information content (AvgIpc) is 2.77. The molecule has 5 atom stereocenters. The van der Waals surface area contributed by atoms with Gasteiger partial charge in [-0.05, 0) is 94.0 Å². The average molecular weight is 584 g/mol. The number of rotatable bonds is 10. The Bertz CT molecular complexity index is 1230. The minimum atomic E-state index is -4.84. The van der Waals surface area contributed by atoms with Crippen LogP contribution in [0.1, 0.15) is 76.8 Å². The standard InChI is InChI=1S/C27H37NO7S3/c1-6-7-8-9-18-13-21(30)24(20-12-16(4)10-11-19(20)15(2)3)22(14-18)35-27(36)37-26-23(17(5)29)25(31)28(26)38(32,33)34/h12-14,17,19-20,23,26,29-30H,2,6-11H2,1,3-5H3,(H,32,33,34)/t17-,19+,20-,23+,26-/m1/s1. The number of nitrogens with zero attached hydrogens (tertiary/aromatic N) is 1. The van der Waals surface area contributed by atoms with Crippen molar-refractivity contribution in [2.75, 3.05) is 0 Å². The molecule has 1 saturated heterocycles. The summed E-state index contributed by atoms with van der Waals surface area (Å²) >= 11 is 6.21. The minimum Gasteiger partial charge on any atom is -0.507 e. The van der Waals surface area contributed by atoms with Crippen LogP contribution in [0.5, 0.6) is 11.5 Å². The highest BCUT2D eigenvalue weighted by Gasteiger charge is 2.56. The van der Waals surface area contributed by atoms with Crippen LogP contribution in [-0.2, 0) is 21.5 Å². The zero-order valence-corrected chi connectivity index (χ0v) is 24.7. The van der Waals surface area contributed by atoms with Crippen molar-refractivity contribution >= 4 is 44.6 Å². The summed E-state index contributed by atoms with van der Waals surface area (Å²) in [6.07, 6.45) is 6.53. The van der Waals surface area contributed by atoms with Gasteiger partial charge in [0.15, 0.2) is 0 Å². The van der Waals surface area contributed by atoms with Crippen LogP contribution >= 0.6 is 24.0 Å². The zero-order valence-electron chi connectivity index (χ0n) is 22.2. The van der Waals surface area contributed by atoms with Crippen LogP contribution in [0.15, 0.2) is 35.9 Å². The Morgan fingerprint density at radius 3 is 2.61 bits per heavy atom. The number of ether oxygens (including phenoxy) is 1. The summed E-state index contributed by atoms with van der Waals surface area (Å²) in [7, 11) is -4.84. The van der Waals surface area contributed by atoms with E-state index in [1.165, 1.54) is 12.5 Å². The summed E-state index contributed by atoms with van der Waals surface area (Å²) in [6, 6.07) is 3.61. The molecule has 0 saturated carbocycles. The maximum Gasteiger partial charge on any atom is 0.363 e. The van der Waals surface area contributed by atoms with Crippen LogP contribution in [0.25, 0.3) is 0 Å². The number of thiocarbonyl (C=S) groups is 1. The van der Waals surface area contributed by atoms with Crippen molar-refractivity contribution < 1.29 is 32.7 Å². The molecule has 1 aliphatic heterocycles. The molecule has 210 valence electrons. The number of β-lactam (4-membered cyclic amide) rings is 1. The highest BCUT2D eigenvalue weighted by molar-refractivity contribution is 8.23. The number of phenols is 1. The van der Waals surface area contributed by atoms with Gasteiger partial charge in [-0.15, -0.1) is 0 Å². The molecule has 1 aliphatic carbocycles. The lowest BCUT2D eigenvalue weighted by molar-refractivity contribution is -0.147. The van der Waals surface area contributed by atoms with E-state index in [-0.39, 0.29) is 22.0 Å². The number of hydrogen-bond acceptors (Lipinski definition) is 8. The molecule has 11 heteroatoms. The molecule has 1 fully saturated rings. The van der Waals surface area contributed by atoms with Crippen molar-refractivity contribution in [1.29, 1.82) is 0 Å². The molecular weight excluding hydrogens is 546 g/mol. The van der Waals surface area contributed by atoms with Crippen molar-refractivity contribution in [3.63, 3.8) is 0 Å². The molecule has 1 aromatic carbocycles. The number of aliphatic hydroxyl groups is 1. The number of carbonyl (C=O) groups excluding carboxylic acids is 1. The quantitative estimate of drug-likeness (QED) is 0.108. The van der Waals surface area contributed by atoms with Gasteiger partial charge < -0.3 is 14.9 Å². The monoisotopic (exact) mass is 583 g/mol. The summed E-state index contributed by atoms with van der Waals surface area (Å²) in [5, 5.41) is 20.1. The summed E-state index contributed by atoms with van der Waals surface area (Å²) < 4.78 is 39.4. The fourth-order valence-corrected chi connectivity index (χ4v) is 7.81. The van der Waals surface area contributed by atoms with Gasteiger partial charge in [0, 0.05) is 11.5 Å². The van der Waals surface area contributed by atoms with Gasteiger partial charge in [-0.2, -0.15) is 8.42 Å². The number of hydrogen-bond donors (Lipinski definition) is 3. The van der Waals surface area contributed by atoms with Crippen molar-refractivity contribution in [2.45, 2.75) is 83.6 Å². The lowest BCUT2D eigenvalue weighted by Gasteiger charge is -2.44. The third-order valence-corrected chi connectivity index (χ3v) is 9.61. The number of aromatic hydroxyl groups is 1. The van der Waals surface area contributed by atoms with Crippen LogP contribution in [0.4, 0.5) is 0 Å². The van der Waals surface area contributed by atoms with E-state index in [0.29, 0.717) is 15.6 Å². The number of allylic oxidation sites excluding steroid dienone is 3. The van der Waals surface area contributed by atoms with Gasteiger partial charge in [-0.3, -0.25) is 9.35 Å². The predicted octanol–water partition coefficient (Wildman–Crippen LogP) is 5.51. The Labute approximate surface area is 235 Å². The molecule has 0 spiro atoms. The summed E-state index contributed by atoms with van der Waals surface area (Å²) in [5.41, 5.74) is 3.64. The fraction of sp³-hybridized carbons (Fsp3) is 0.556. The number of thioether (sulfide) groups is 1. The van der Waals surface area contributed by atoms with Crippen molar-refractivity contribution in [2.24, 2.45) is 11.8 Å². The van der Waals surface area contributed by atoms with Gasteiger partial charge in [0.05, 0.1) is 12.0 Å². The number of amides is 1. The fourth-order valence-electron chi connectivity index (χ4n) is 5.20. The minimum absolute atomic E-state index is 0.0815. The summed E-state index contributed by atoms with van der Waals surface area (Å²) in [6.45, 7) is 11.7. The van der Waals surface area contributed by atoms with E-state index in [4.69, 9.17) is 17.0 Å². The number of unbranched alkanes of at least 4 members (excludes halogenated alkanes) is 2. The van der Waals surface area contributed by atoms with Crippen molar-refractivity contribution in [3.05, 3.63) is 47.1 Å². The second kappa shape index (κ2) is 12.5. The normalized spacial score (nSPS) is 24.4. The first-order chi connectivity index (χ1) is 17.8. The van der Waals surface area contributed by atoms with Gasteiger partial charge in [0.25, 0.3) is 0 Å². The molecule has 2 aliphatic rings. The Kier molecular flexibility index (Phi) is 10.1. The number of phenolic OH excluding ortho intramolecular Hbond substituents is 1. The molecular formula is C27H37NO7S3. The van der Waals surface area contributed by atoms with Gasteiger partial charge in [0.1, 0.15) is 16.9 Å². The van der Waals surface area contributed by atoms with Gasteiger partial charge in [0.2, 0.25) is 10.3 Å². The molecule has 0 radical (unpaired) electrons. The smallest absolute Gasteiger partial charge is 0.363 e. The van der Waals surface area contributed by atoms with Crippen LogP contribution < -0.4 is 4.74 Å². The Morgan fingerprint density at radius 2 is 2.03 bits per heavy atom. The Hall–Kier alpha value is -1.92. The van der Waals surface area contributed by atoms with E-state index < -0.39 is 33.6 Å². The highest BCUT2D eigenvalue weighted by Crippen LogP contribution is 2.48. The van der Waals surface area contributed by atoms with Crippen LogP contribution in [-0.4, -0.2) is 49.3 Å². The molecule has 8 nitrogen and oxygen atoms in total. The first-order valence-corrected chi connectivity index (χ1v) is 15.5. The van der Waals surface area contributed by atoms with E-state index in [9.17, 15) is 28.0 Å². The molecule has 0 unspecified atom stereocenters. The van der Waals surface area contributed by atoms with Crippen molar-refractivity contribution in [1.82, 2.24) is 4.31 Å². The lowest BCUT2D eigenvalue weighted by atomic mass is 9.73. The van der Waals surface area contributed by atoms with Gasteiger partial charge in [-0.25, -0.2) is 4.31 Å². The van der Waals surface area contributed by atoms with Gasteiger partial charge in [-0.1, -0.05) is 43.6 Å². The first kappa shape index (κ1) is 30.6. The molecule has 1 amide bonds. The number of aliphatic hydroxyl groups excluding tert-OH is 1. The largest absolute Gasteiger partial charge is 0.507 e. The predicted molar refractivity (Wildman–Crippen MR) is 154 cm³/mol. The lowest BCUT2D eigenvalue weighted by Crippen LogP contribution is -2.64. The molecule has 0 bridgehead atoms. The molecule has 38 heavy (non-hydrogen) atoms. The van der Waals surface area contributed by atoms with E-state index in [1.54, 1.807) is 6.07 Å². The van der Waals surface area contributed by atoms with Crippen LogP contribution in [0, 0.1) is 11.8 Å². The number of carbonyl (C=O) groups is 1. The van der Waals surface area contributed by atoms with E-state index in [1.807, 2.05) is 19.9 Å². The number of aryl methyl sites for hydroxylation is 1. The second-order valence-corrected chi connectivity index (χ2v) is 13.3. The third-order valence-electron chi connectivity index (χ3n) is 7.18. The zero-order chi connectivity index (χ0) is 28.4. The van der Waals surface area contributed by atoms with Crippen molar-refractivity contribution in [3.8, 4) is 11.5 Å². The molecule has 1 aromatic rings. The molecule has 3 rings (SSSR count). The summed E-state index contributed by atoms with van der Waals surface area (Å²) in [5.74, 6) is -1.66. The van der Waals surface area contributed by atoms with E-state index >= 15 is 0 Å². The molecule has 0 aromatic heterocycles. The van der Waals surface area contributed by atoms with Crippen LogP contribution in [0.3, 0.4) is 0 Å². The SMILES string of the molecule is C=C(C)[C@@H]1CCC(C)=C[C@H]1c1c(O)cc(CCCCC)cc1OC(=S)S[C@@H]1[C@@H]([C@@H](C)O)C(=O)N1S(=O)(=O)O. The topological polar surface area (TPSA) is 124 Å². The second-order valence-electron chi connectivity index (χ2n) is 10.3. The van der Waals surface area contributed by atoms with Gasteiger partial charge >= 0.3 is 10.3 Å². The Balaban J connectivity index is 1.98. The summed E-state index contributed by atoms with van der Waals surface area (Å²) in [4.78, 5) is 12.3. The van der Waals surface area contributed by atoms with E-state index in [2.05, 4.69) is 19.6 Å².